The van der Waals surface area contributed by atoms with Gasteiger partial charge in [0.1, 0.15) is 0 Å². The number of hydrogen-bond donors (Lipinski definition) is 1. The van der Waals surface area contributed by atoms with Gasteiger partial charge in [-0.3, -0.25) is 0 Å². The first-order valence-corrected chi connectivity index (χ1v) is 5.92. The third-order valence-electron chi connectivity index (χ3n) is 2.51. The van der Waals surface area contributed by atoms with E-state index in [-0.39, 0.29) is 6.04 Å². The van der Waals surface area contributed by atoms with Gasteiger partial charge in [0.2, 0.25) is 0 Å². The van der Waals surface area contributed by atoms with Crippen molar-refractivity contribution in [2.75, 3.05) is 0 Å². The Bertz CT molecular complexity index is 419. The van der Waals surface area contributed by atoms with Gasteiger partial charge in [-0.2, -0.15) is 0 Å². The average molecular weight is 205 g/mol. The van der Waals surface area contributed by atoms with Crippen molar-refractivity contribution in [2.24, 2.45) is 5.73 Å². The Morgan fingerprint density at radius 2 is 2.14 bits per heavy atom. The number of fused-ring (bicyclic) bond motifs is 1. The smallest absolute Gasteiger partial charge is 0.0346 e. The van der Waals surface area contributed by atoms with Crippen molar-refractivity contribution < 1.29 is 0 Å². The molecule has 0 aliphatic carbocycles. The highest BCUT2D eigenvalue weighted by atomic mass is 32.1. The first kappa shape index (κ1) is 9.69. The average Bonchev–Trinajstić information content (AvgIpc) is 2.61. The van der Waals surface area contributed by atoms with Gasteiger partial charge in [0, 0.05) is 10.7 Å². The number of thiophene rings is 1. The maximum Gasteiger partial charge on any atom is 0.0346 e. The van der Waals surface area contributed by atoms with Crippen LogP contribution < -0.4 is 5.73 Å². The molecule has 0 fully saturated rings. The fourth-order valence-corrected chi connectivity index (χ4v) is 2.78. The first-order valence-electron chi connectivity index (χ1n) is 5.04. The third-order valence-corrected chi connectivity index (χ3v) is 3.49. The van der Waals surface area contributed by atoms with Crippen LogP contribution in [0.4, 0.5) is 0 Å². The normalized spacial score (nSPS) is 13.3. The van der Waals surface area contributed by atoms with Crippen molar-refractivity contribution in [3.05, 3.63) is 35.2 Å². The van der Waals surface area contributed by atoms with Crippen molar-refractivity contribution in [1.82, 2.24) is 0 Å². The van der Waals surface area contributed by atoms with Crippen LogP contribution in [0.2, 0.25) is 0 Å². The van der Waals surface area contributed by atoms with Crippen LogP contribution in [0, 0.1) is 0 Å². The standard InChI is InChI=1S/C12H15NS/c1-2-5-11(13)10-8-14-12-7-4-3-6-9(10)12/h3-4,6-8,11H,2,5,13H2,1H3/t11-/m1/s1. The molecule has 0 amide bonds. The van der Waals surface area contributed by atoms with Gasteiger partial charge in [0.05, 0.1) is 0 Å². The van der Waals surface area contributed by atoms with Crippen molar-refractivity contribution in [3.63, 3.8) is 0 Å². The highest BCUT2D eigenvalue weighted by molar-refractivity contribution is 7.17. The molecular weight excluding hydrogens is 190 g/mol. The summed E-state index contributed by atoms with van der Waals surface area (Å²) in [5, 5.41) is 3.53. The van der Waals surface area contributed by atoms with Gasteiger partial charge in [-0.05, 0) is 28.8 Å². The summed E-state index contributed by atoms with van der Waals surface area (Å²) >= 11 is 1.79. The fourth-order valence-electron chi connectivity index (χ4n) is 1.75. The van der Waals surface area contributed by atoms with E-state index in [2.05, 4.69) is 36.6 Å². The monoisotopic (exact) mass is 205 g/mol. The van der Waals surface area contributed by atoms with Crippen LogP contribution >= 0.6 is 11.3 Å². The van der Waals surface area contributed by atoms with Crippen molar-refractivity contribution in [3.8, 4) is 0 Å². The van der Waals surface area contributed by atoms with E-state index in [0.29, 0.717) is 0 Å². The number of hydrogen-bond acceptors (Lipinski definition) is 2. The van der Waals surface area contributed by atoms with Gasteiger partial charge >= 0.3 is 0 Å². The predicted molar refractivity (Wildman–Crippen MR) is 63.7 cm³/mol. The molecule has 1 aromatic carbocycles. The molecule has 0 aliphatic heterocycles. The number of rotatable bonds is 3. The van der Waals surface area contributed by atoms with Crippen LogP contribution in [0.3, 0.4) is 0 Å². The summed E-state index contributed by atoms with van der Waals surface area (Å²) in [4.78, 5) is 0. The second-order valence-corrected chi connectivity index (χ2v) is 4.49. The Balaban J connectivity index is 2.42. The van der Waals surface area contributed by atoms with Crippen LogP contribution in [0.25, 0.3) is 10.1 Å². The summed E-state index contributed by atoms with van der Waals surface area (Å²) in [7, 11) is 0. The Morgan fingerprint density at radius 1 is 1.36 bits per heavy atom. The Hall–Kier alpha value is -0.860. The second-order valence-electron chi connectivity index (χ2n) is 3.58. The van der Waals surface area contributed by atoms with Crippen LogP contribution in [0.1, 0.15) is 31.4 Å². The van der Waals surface area contributed by atoms with Crippen molar-refractivity contribution in [1.29, 1.82) is 0 Å². The minimum atomic E-state index is 0.205. The lowest BCUT2D eigenvalue weighted by molar-refractivity contribution is 0.644. The SMILES string of the molecule is CCC[C@@H](N)c1csc2ccccc12. The summed E-state index contributed by atoms with van der Waals surface area (Å²) in [6.07, 6.45) is 2.21. The van der Waals surface area contributed by atoms with E-state index in [1.54, 1.807) is 11.3 Å². The molecule has 0 bridgehead atoms. The lowest BCUT2D eigenvalue weighted by Gasteiger charge is -2.08. The fraction of sp³-hybridized carbons (Fsp3) is 0.333. The van der Waals surface area contributed by atoms with Crippen LogP contribution in [0.5, 0.6) is 0 Å². The van der Waals surface area contributed by atoms with Crippen LogP contribution in [-0.2, 0) is 0 Å². The van der Waals surface area contributed by atoms with E-state index >= 15 is 0 Å². The van der Waals surface area contributed by atoms with E-state index in [1.807, 2.05) is 0 Å². The highest BCUT2D eigenvalue weighted by Gasteiger charge is 2.09. The molecule has 1 atom stereocenters. The molecule has 0 unspecified atom stereocenters. The zero-order valence-corrected chi connectivity index (χ0v) is 9.18. The minimum absolute atomic E-state index is 0.205. The van der Waals surface area contributed by atoms with E-state index in [0.717, 1.165) is 12.8 Å². The Labute approximate surface area is 88.6 Å². The number of benzene rings is 1. The molecule has 1 nitrogen and oxygen atoms in total. The molecule has 1 heterocycles. The zero-order chi connectivity index (χ0) is 9.97. The molecule has 2 rings (SSSR count). The lowest BCUT2D eigenvalue weighted by Crippen LogP contribution is -2.08. The summed E-state index contributed by atoms with van der Waals surface area (Å²) in [5.41, 5.74) is 7.44. The molecule has 0 aliphatic rings. The molecule has 2 N–H and O–H groups in total. The maximum absolute atomic E-state index is 6.12. The molecule has 1 aromatic heterocycles. The third kappa shape index (κ3) is 1.68. The summed E-state index contributed by atoms with van der Waals surface area (Å²) in [5.74, 6) is 0. The predicted octanol–water partition coefficient (Wildman–Crippen LogP) is 3.70. The highest BCUT2D eigenvalue weighted by Crippen LogP contribution is 2.30. The summed E-state index contributed by atoms with van der Waals surface area (Å²) < 4.78 is 1.34. The van der Waals surface area contributed by atoms with Gasteiger partial charge in [-0.15, -0.1) is 11.3 Å². The first-order chi connectivity index (χ1) is 6.83. The van der Waals surface area contributed by atoms with E-state index in [9.17, 15) is 0 Å². The van der Waals surface area contributed by atoms with Gasteiger partial charge in [0.25, 0.3) is 0 Å². The largest absolute Gasteiger partial charge is 0.324 e. The summed E-state index contributed by atoms with van der Waals surface area (Å²) in [6, 6.07) is 8.68. The molecule has 0 saturated heterocycles. The van der Waals surface area contributed by atoms with E-state index < -0.39 is 0 Å². The van der Waals surface area contributed by atoms with Gasteiger partial charge in [-0.1, -0.05) is 31.5 Å². The lowest BCUT2D eigenvalue weighted by atomic mass is 10.0. The van der Waals surface area contributed by atoms with E-state index in [4.69, 9.17) is 5.73 Å². The quantitative estimate of drug-likeness (QED) is 0.812. The molecule has 0 spiro atoms. The molecule has 2 heteroatoms. The molecule has 74 valence electrons. The Kier molecular flexibility index (Phi) is 2.85. The second kappa shape index (κ2) is 4.11. The minimum Gasteiger partial charge on any atom is -0.324 e. The molecule has 2 aromatic rings. The number of nitrogens with two attached hydrogens (primary N) is 1. The van der Waals surface area contributed by atoms with E-state index in [1.165, 1.54) is 15.6 Å². The topological polar surface area (TPSA) is 26.0 Å². The maximum atomic E-state index is 6.12. The zero-order valence-electron chi connectivity index (χ0n) is 8.36. The Morgan fingerprint density at radius 3 is 2.93 bits per heavy atom. The van der Waals surface area contributed by atoms with Gasteiger partial charge < -0.3 is 5.73 Å². The molecular formula is C12H15NS. The van der Waals surface area contributed by atoms with Gasteiger partial charge in [-0.25, -0.2) is 0 Å². The van der Waals surface area contributed by atoms with Crippen LogP contribution in [0.15, 0.2) is 29.6 Å². The molecule has 0 saturated carbocycles. The van der Waals surface area contributed by atoms with Crippen LogP contribution in [-0.4, -0.2) is 0 Å². The summed E-state index contributed by atoms with van der Waals surface area (Å²) in [6.45, 7) is 2.18. The van der Waals surface area contributed by atoms with Gasteiger partial charge in [0.15, 0.2) is 0 Å². The molecule has 0 radical (unpaired) electrons. The van der Waals surface area contributed by atoms with Crippen molar-refractivity contribution >= 4 is 21.4 Å². The van der Waals surface area contributed by atoms with Crippen molar-refractivity contribution in [2.45, 2.75) is 25.8 Å². The molecule has 14 heavy (non-hydrogen) atoms.